The Morgan fingerprint density at radius 1 is 1.21 bits per heavy atom. The fourth-order valence-corrected chi connectivity index (χ4v) is 1.88. The van der Waals surface area contributed by atoms with Crippen LogP contribution in [0.4, 0.5) is 17.6 Å². The standard InChI is InChI=1S/C13H11F4NO/c14-11-5-4-9(8-10(11)13(15,16)17)12(19)18-6-2-1-3-7-18/h1-2,4-5,8H,3,6-7H2. The lowest BCUT2D eigenvalue weighted by Crippen LogP contribution is -2.33. The van der Waals surface area contributed by atoms with E-state index in [0.717, 1.165) is 6.07 Å². The van der Waals surface area contributed by atoms with Crippen LogP contribution in [0.25, 0.3) is 0 Å². The van der Waals surface area contributed by atoms with Crippen LogP contribution >= 0.6 is 0 Å². The first kappa shape index (κ1) is 13.6. The Balaban J connectivity index is 2.30. The molecular weight excluding hydrogens is 262 g/mol. The molecule has 0 aliphatic carbocycles. The number of benzene rings is 1. The number of halogens is 4. The molecule has 0 saturated heterocycles. The highest BCUT2D eigenvalue weighted by atomic mass is 19.4. The van der Waals surface area contributed by atoms with Crippen molar-refractivity contribution in [3.05, 3.63) is 47.3 Å². The number of hydrogen-bond acceptors (Lipinski definition) is 1. The molecule has 0 N–H and O–H groups in total. The van der Waals surface area contributed by atoms with E-state index >= 15 is 0 Å². The quantitative estimate of drug-likeness (QED) is 0.568. The number of amides is 1. The summed E-state index contributed by atoms with van der Waals surface area (Å²) in [6, 6.07) is 2.32. The molecule has 1 aliphatic rings. The van der Waals surface area contributed by atoms with Crippen LogP contribution in [-0.4, -0.2) is 23.9 Å². The molecule has 0 atom stereocenters. The minimum Gasteiger partial charge on any atom is -0.335 e. The molecule has 0 saturated carbocycles. The predicted octanol–water partition coefficient (Wildman–Crippen LogP) is 3.25. The normalized spacial score (nSPS) is 15.7. The molecule has 1 aliphatic heterocycles. The van der Waals surface area contributed by atoms with Gasteiger partial charge in [-0.2, -0.15) is 13.2 Å². The van der Waals surface area contributed by atoms with Crippen LogP contribution in [0.3, 0.4) is 0 Å². The molecule has 2 nitrogen and oxygen atoms in total. The summed E-state index contributed by atoms with van der Waals surface area (Å²) >= 11 is 0. The van der Waals surface area contributed by atoms with Gasteiger partial charge in [-0.05, 0) is 24.6 Å². The summed E-state index contributed by atoms with van der Waals surface area (Å²) in [5, 5.41) is 0. The molecular formula is C13H11F4NO. The monoisotopic (exact) mass is 273 g/mol. The molecule has 1 aromatic carbocycles. The maximum absolute atomic E-state index is 13.1. The number of carbonyl (C=O) groups is 1. The SMILES string of the molecule is O=C(c1ccc(F)c(C(F)(F)F)c1)N1CC=CCC1. The smallest absolute Gasteiger partial charge is 0.335 e. The molecule has 6 heteroatoms. The van der Waals surface area contributed by atoms with E-state index in [-0.39, 0.29) is 5.56 Å². The van der Waals surface area contributed by atoms with Gasteiger partial charge < -0.3 is 4.90 Å². The molecule has 0 fully saturated rings. The lowest BCUT2D eigenvalue weighted by atomic mass is 10.1. The number of nitrogens with zero attached hydrogens (tertiary/aromatic N) is 1. The third kappa shape index (κ3) is 2.94. The minimum absolute atomic E-state index is 0.149. The predicted molar refractivity (Wildman–Crippen MR) is 61.1 cm³/mol. The highest BCUT2D eigenvalue weighted by molar-refractivity contribution is 5.94. The zero-order chi connectivity index (χ0) is 14.0. The Labute approximate surface area is 107 Å². The summed E-state index contributed by atoms with van der Waals surface area (Å²) in [5.41, 5.74) is -1.56. The van der Waals surface area contributed by atoms with Crippen LogP contribution in [0.1, 0.15) is 22.3 Å². The van der Waals surface area contributed by atoms with E-state index in [2.05, 4.69) is 0 Å². The first-order valence-electron chi connectivity index (χ1n) is 5.70. The van der Waals surface area contributed by atoms with Crippen molar-refractivity contribution < 1.29 is 22.4 Å². The van der Waals surface area contributed by atoms with E-state index in [4.69, 9.17) is 0 Å². The maximum Gasteiger partial charge on any atom is 0.419 e. The summed E-state index contributed by atoms with van der Waals surface area (Å²) in [6.45, 7) is 0.811. The summed E-state index contributed by atoms with van der Waals surface area (Å²) in [7, 11) is 0. The van der Waals surface area contributed by atoms with Crippen LogP contribution in [0, 0.1) is 5.82 Å². The summed E-state index contributed by atoms with van der Waals surface area (Å²) in [5.74, 6) is -1.89. The van der Waals surface area contributed by atoms with Gasteiger partial charge in [-0.25, -0.2) is 4.39 Å². The first-order valence-corrected chi connectivity index (χ1v) is 5.70. The Kier molecular flexibility index (Phi) is 3.59. The molecule has 0 aromatic heterocycles. The van der Waals surface area contributed by atoms with E-state index in [1.54, 1.807) is 6.08 Å². The molecule has 1 aromatic rings. The molecule has 1 heterocycles. The zero-order valence-corrected chi connectivity index (χ0v) is 9.88. The van der Waals surface area contributed by atoms with Crippen molar-refractivity contribution in [3.8, 4) is 0 Å². The molecule has 2 rings (SSSR count). The highest BCUT2D eigenvalue weighted by Gasteiger charge is 2.35. The average Bonchev–Trinajstić information content (AvgIpc) is 2.38. The summed E-state index contributed by atoms with van der Waals surface area (Å²) in [4.78, 5) is 13.4. The Morgan fingerprint density at radius 2 is 1.95 bits per heavy atom. The number of rotatable bonds is 1. The number of hydrogen-bond donors (Lipinski definition) is 0. The topological polar surface area (TPSA) is 20.3 Å². The van der Waals surface area contributed by atoms with Gasteiger partial charge in [-0.1, -0.05) is 12.2 Å². The van der Waals surface area contributed by atoms with Crippen LogP contribution in [0.15, 0.2) is 30.4 Å². The van der Waals surface area contributed by atoms with E-state index < -0.39 is 23.5 Å². The van der Waals surface area contributed by atoms with Gasteiger partial charge in [0.25, 0.3) is 5.91 Å². The molecule has 0 spiro atoms. The van der Waals surface area contributed by atoms with E-state index in [1.807, 2.05) is 6.08 Å². The summed E-state index contributed by atoms with van der Waals surface area (Å²) in [6.07, 6.45) is -0.466. The van der Waals surface area contributed by atoms with Gasteiger partial charge in [0, 0.05) is 18.7 Å². The van der Waals surface area contributed by atoms with Gasteiger partial charge in [-0.3, -0.25) is 4.79 Å². The van der Waals surface area contributed by atoms with Crippen molar-refractivity contribution in [1.29, 1.82) is 0 Å². The van der Waals surface area contributed by atoms with Crippen LogP contribution in [-0.2, 0) is 6.18 Å². The Morgan fingerprint density at radius 3 is 2.53 bits per heavy atom. The number of alkyl halides is 3. The van der Waals surface area contributed by atoms with Crippen LogP contribution in [0.2, 0.25) is 0 Å². The van der Waals surface area contributed by atoms with E-state index in [0.29, 0.717) is 31.6 Å². The maximum atomic E-state index is 13.1. The van der Waals surface area contributed by atoms with Gasteiger partial charge in [0.05, 0.1) is 5.56 Å². The van der Waals surface area contributed by atoms with Gasteiger partial charge in [0.1, 0.15) is 5.82 Å². The lowest BCUT2D eigenvalue weighted by Gasteiger charge is -2.23. The van der Waals surface area contributed by atoms with E-state index in [1.165, 1.54) is 4.90 Å². The van der Waals surface area contributed by atoms with Gasteiger partial charge in [0.2, 0.25) is 0 Å². The van der Waals surface area contributed by atoms with Crippen molar-refractivity contribution in [2.75, 3.05) is 13.1 Å². The van der Waals surface area contributed by atoms with Crippen molar-refractivity contribution in [3.63, 3.8) is 0 Å². The average molecular weight is 273 g/mol. The first-order chi connectivity index (χ1) is 8.89. The fourth-order valence-electron chi connectivity index (χ4n) is 1.88. The van der Waals surface area contributed by atoms with Gasteiger partial charge in [0.15, 0.2) is 0 Å². The molecule has 1 amide bonds. The highest BCUT2D eigenvalue weighted by Crippen LogP contribution is 2.32. The summed E-state index contributed by atoms with van der Waals surface area (Å²) < 4.78 is 50.8. The Hall–Kier alpha value is -1.85. The third-order valence-electron chi connectivity index (χ3n) is 2.86. The lowest BCUT2D eigenvalue weighted by molar-refractivity contribution is -0.140. The van der Waals surface area contributed by atoms with Crippen LogP contribution in [0.5, 0.6) is 0 Å². The van der Waals surface area contributed by atoms with Gasteiger partial charge in [-0.15, -0.1) is 0 Å². The second kappa shape index (κ2) is 5.03. The van der Waals surface area contributed by atoms with Crippen molar-refractivity contribution in [2.45, 2.75) is 12.6 Å². The van der Waals surface area contributed by atoms with Crippen molar-refractivity contribution >= 4 is 5.91 Å². The molecule has 0 bridgehead atoms. The Bertz CT molecular complexity index is 522. The molecule has 19 heavy (non-hydrogen) atoms. The van der Waals surface area contributed by atoms with Crippen molar-refractivity contribution in [2.24, 2.45) is 0 Å². The second-order valence-electron chi connectivity index (χ2n) is 4.20. The molecule has 0 unspecified atom stereocenters. The molecule has 102 valence electrons. The van der Waals surface area contributed by atoms with Crippen LogP contribution < -0.4 is 0 Å². The second-order valence-corrected chi connectivity index (χ2v) is 4.20. The minimum atomic E-state index is -4.80. The third-order valence-corrected chi connectivity index (χ3v) is 2.86. The number of carbonyl (C=O) groups excluding carboxylic acids is 1. The molecule has 0 radical (unpaired) electrons. The zero-order valence-electron chi connectivity index (χ0n) is 9.88. The van der Waals surface area contributed by atoms with E-state index in [9.17, 15) is 22.4 Å². The van der Waals surface area contributed by atoms with Gasteiger partial charge >= 0.3 is 6.18 Å². The largest absolute Gasteiger partial charge is 0.419 e. The fraction of sp³-hybridized carbons (Fsp3) is 0.308. The van der Waals surface area contributed by atoms with Crippen molar-refractivity contribution in [1.82, 2.24) is 4.90 Å².